The standard InChI is InChI=1S/C22H26N2O8/c1-7-8-5-4-6-9(25)11(8)16(26)12-10(7)17(27)14-15(24(2)3)18(28)13(21(23)31)20(30)22(14,32)19(12)29/h4-7,10,12,14-15,17,19,25,27,29-30,32H,1-3H3,(H2,23,31)/t7-,10-,12-,14-,15-,17-,19+,22-/m0/s1. The molecule has 10 nitrogen and oxygen atoms in total. The zero-order valence-electron chi connectivity index (χ0n) is 17.8. The maximum atomic E-state index is 13.4. The average molecular weight is 446 g/mol. The van der Waals surface area contributed by atoms with Crippen molar-refractivity contribution >= 4 is 17.5 Å². The van der Waals surface area contributed by atoms with E-state index in [0.29, 0.717) is 5.56 Å². The Morgan fingerprint density at radius 3 is 2.31 bits per heavy atom. The van der Waals surface area contributed by atoms with Crippen LogP contribution in [0.3, 0.4) is 0 Å². The van der Waals surface area contributed by atoms with Crippen molar-refractivity contribution in [2.24, 2.45) is 23.5 Å². The van der Waals surface area contributed by atoms with E-state index in [1.165, 1.54) is 25.1 Å². The molecule has 1 aromatic rings. The van der Waals surface area contributed by atoms with E-state index < -0.39 is 76.3 Å². The third-order valence-corrected chi connectivity index (χ3v) is 7.44. The lowest BCUT2D eigenvalue weighted by Crippen LogP contribution is -2.74. The highest BCUT2D eigenvalue weighted by Gasteiger charge is 2.70. The Kier molecular flexibility index (Phi) is 4.98. The molecule has 0 aromatic heterocycles. The zero-order chi connectivity index (χ0) is 23.9. The summed E-state index contributed by atoms with van der Waals surface area (Å²) in [7, 11) is 2.97. The number of phenolic OH excluding ortho intramolecular Hbond substituents is 1. The second-order valence-electron chi connectivity index (χ2n) is 9.14. The second kappa shape index (κ2) is 7.11. The highest BCUT2D eigenvalue weighted by atomic mass is 16.4. The van der Waals surface area contributed by atoms with Crippen LogP contribution in [0.25, 0.3) is 0 Å². The second-order valence-corrected chi connectivity index (χ2v) is 9.14. The summed E-state index contributed by atoms with van der Waals surface area (Å²) >= 11 is 0. The van der Waals surface area contributed by atoms with Gasteiger partial charge in [-0.3, -0.25) is 19.3 Å². The number of hydrogen-bond acceptors (Lipinski definition) is 9. The van der Waals surface area contributed by atoms with Crippen LogP contribution in [0.15, 0.2) is 29.5 Å². The number of Topliss-reactive ketones (excluding diaryl/α,β-unsaturated/α-hetero) is 2. The third kappa shape index (κ3) is 2.57. The van der Waals surface area contributed by atoms with Crippen LogP contribution >= 0.6 is 0 Å². The van der Waals surface area contributed by atoms with E-state index in [4.69, 9.17) is 5.73 Å². The lowest BCUT2D eigenvalue weighted by Gasteiger charge is -2.58. The molecular weight excluding hydrogens is 420 g/mol. The highest BCUT2D eigenvalue weighted by Crippen LogP contribution is 2.56. The fourth-order valence-electron chi connectivity index (χ4n) is 6.05. The quantitative estimate of drug-likeness (QED) is 0.305. The number of nitrogens with zero attached hydrogens (tertiary/aromatic N) is 1. The lowest BCUT2D eigenvalue weighted by atomic mass is 9.50. The highest BCUT2D eigenvalue weighted by molar-refractivity contribution is 6.22. The summed E-state index contributed by atoms with van der Waals surface area (Å²) in [6, 6.07) is 3.19. The minimum absolute atomic E-state index is 0.0378. The molecule has 0 saturated heterocycles. The average Bonchev–Trinajstić information content (AvgIpc) is 2.70. The van der Waals surface area contributed by atoms with E-state index in [9.17, 15) is 39.9 Å². The Hall–Kier alpha value is -2.79. The molecule has 8 atom stereocenters. The molecule has 1 fully saturated rings. The van der Waals surface area contributed by atoms with E-state index in [2.05, 4.69) is 0 Å². The number of phenols is 1. The molecule has 4 rings (SSSR count). The Balaban J connectivity index is 1.99. The number of amides is 1. The Morgan fingerprint density at radius 2 is 1.75 bits per heavy atom. The summed E-state index contributed by atoms with van der Waals surface area (Å²) in [4.78, 5) is 39.8. The van der Waals surface area contributed by atoms with Crippen molar-refractivity contribution in [1.29, 1.82) is 0 Å². The maximum Gasteiger partial charge on any atom is 0.255 e. The number of ketones is 2. The van der Waals surface area contributed by atoms with Crippen molar-refractivity contribution in [3.63, 3.8) is 0 Å². The normalized spacial score (nSPS) is 38.9. The van der Waals surface area contributed by atoms with Crippen LogP contribution in [0, 0.1) is 17.8 Å². The van der Waals surface area contributed by atoms with E-state index in [1.54, 1.807) is 19.1 Å². The molecule has 1 aromatic carbocycles. The first-order valence-electron chi connectivity index (χ1n) is 10.3. The molecule has 1 saturated carbocycles. The first kappa shape index (κ1) is 22.4. The van der Waals surface area contributed by atoms with Crippen molar-refractivity contribution in [2.75, 3.05) is 14.1 Å². The molecular formula is C22H26N2O8. The van der Waals surface area contributed by atoms with Gasteiger partial charge in [-0.15, -0.1) is 0 Å². The number of primary amides is 1. The minimum Gasteiger partial charge on any atom is -0.508 e. The van der Waals surface area contributed by atoms with Gasteiger partial charge in [0.15, 0.2) is 17.2 Å². The van der Waals surface area contributed by atoms with Gasteiger partial charge < -0.3 is 31.3 Å². The number of likely N-dealkylation sites (N-methyl/N-ethyl adjacent to an activating group) is 1. The predicted molar refractivity (Wildman–Crippen MR) is 110 cm³/mol. The number of carbonyl (C=O) groups excluding carboxylic acids is 3. The molecule has 32 heavy (non-hydrogen) atoms. The smallest absolute Gasteiger partial charge is 0.255 e. The van der Waals surface area contributed by atoms with Gasteiger partial charge in [-0.2, -0.15) is 0 Å². The molecule has 3 aliphatic rings. The van der Waals surface area contributed by atoms with Crippen LogP contribution in [0.2, 0.25) is 0 Å². The van der Waals surface area contributed by atoms with Gasteiger partial charge in [0.1, 0.15) is 23.2 Å². The van der Waals surface area contributed by atoms with Gasteiger partial charge in [-0.25, -0.2) is 0 Å². The summed E-state index contributed by atoms with van der Waals surface area (Å²) < 4.78 is 0. The molecule has 10 heteroatoms. The van der Waals surface area contributed by atoms with Gasteiger partial charge >= 0.3 is 0 Å². The summed E-state index contributed by atoms with van der Waals surface area (Å²) in [5.74, 6) is -8.75. The van der Waals surface area contributed by atoms with Gasteiger partial charge in [0.25, 0.3) is 5.91 Å². The third-order valence-electron chi connectivity index (χ3n) is 7.44. The first-order valence-corrected chi connectivity index (χ1v) is 10.3. The van der Waals surface area contributed by atoms with Crippen molar-refractivity contribution in [1.82, 2.24) is 4.90 Å². The van der Waals surface area contributed by atoms with E-state index in [0.717, 1.165) is 0 Å². The zero-order valence-corrected chi connectivity index (χ0v) is 17.8. The number of rotatable bonds is 2. The fraction of sp³-hybridized carbons (Fsp3) is 0.500. The largest absolute Gasteiger partial charge is 0.508 e. The summed E-state index contributed by atoms with van der Waals surface area (Å²) in [5, 5.41) is 55.4. The fourth-order valence-corrected chi connectivity index (χ4v) is 6.05. The Bertz CT molecular complexity index is 1070. The molecule has 1 amide bonds. The number of carbonyl (C=O) groups is 3. The first-order chi connectivity index (χ1) is 14.9. The molecule has 0 bridgehead atoms. The number of hydrogen-bond donors (Lipinski definition) is 6. The number of benzene rings is 1. The van der Waals surface area contributed by atoms with Gasteiger partial charge in [-0.1, -0.05) is 19.1 Å². The molecule has 0 aliphatic heterocycles. The van der Waals surface area contributed by atoms with Crippen molar-refractivity contribution in [2.45, 2.75) is 36.7 Å². The molecule has 0 spiro atoms. The molecule has 0 radical (unpaired) electrons. The van der Waals surface area contributed by atoms with Gasteiger partial charge in [0.2, 0.25) is 0 Å². The maximum absolute atomic E-state index is 13.4. The summed E-state index contributed by atoms with van der Waals surface area (Å²) in [6.07, 6.45) is -3.52. The van der Waals surface area contributed by atoms with E-state index >= 15 is 0 Å². The number of aromatic hydroxyl groups is 1. The van der Waals surface area contributed by atoms with Crippen molar-refractivity contribution in [3.8, 4) is 5.75 Å². The van der Waals surface area contributed by atoms with Gasteiger partial charge in [0.05, 0.1) is 23.6 Å². The number of aliphatic hydroxyl groups is 4. The Morgan fingerprint density at radius 1 is 1.12 bits per heavy atom. The Labute approximate surface area is 183 Å². The topological polar surface area (TPSA) is 182 Å². The molecule has 0 heterocycles. The van der Waals surface area contributed by atoms with Crippen LogP contribution < -0.4 is 5.73 Å². The number of nitrogens with two attached hydrogens (primary N) is 1. The predicted octanol–water partition coefficient (Wildman–Crippen LogP) is -1.18. The monoisotopic (exact) mass is 446 g/mol. The van der Waals surface area contributed by atoms with Crippen LogP contribution in [-0.4, -0.2) is 85.9 Å². The lowest BCUT2D eigenvalue weighted by molar-refractivity contribution is -0.221. The van der Waals surface area contributed by atoms with Crippen LogP contribution in [0.4, 0.5) is 0 Å². The molecule has 0 unspecified atom stereocenters. The summed E-state index contributed by atoms with van der Waals surface area (Å²) in [5.41, 5.74) is 2.13. The van der Waals surface area contributed by atoms with Gasteiger partial charge in [-0.05, 0) is 31.6 Å². The van der Waals surface area contributed by atoms with E-state index in [-0.39, 0.29) is 11.3 Å². The van der Waals surface area contributed by atoms with E-state index in [1.807, 2.05) is 0 Å². The van der Waals surface area contributed by atoms with Crippen molar-refractivity contribution < 1.29 is 39.9 Å². The summed E-state index contributed by atoms with van der Waals surface area (Å²) in [6.45, 7) is 1.71. The number of fused-ring (bicyclic) bond motifs is 3. The molecule has 3 aliphatic carbocycles. The number of aliphatic hydroxyl groups excluding tert-OH is 3. The minimum atomic E-state index is -2.70. The van der Waals surface area contributed by atoms with Crippen LogP contribution in [0.5, 0.6) is 5.75 Å². The SMILES string of the molecule is C[C@H]1c2cccc(O)c2C(=O)[C@@H]2[C@H]1[C@H](O)[C@@H]1[C@H](N(C)C)C(=O)C(C(N)=O)=C(O)[C@@]1(O)[C@@H]2O. The van der Waals surface area contributed by atoms with Crippen LogP contribution in [-0.2, 0) is 9.59 Å². The van der Waals surface area contributed by atoms with Crippen molar-refractivity contribution in [3.05, 3.63) is 40.7 Å². The van der Waals surface area contributed by atoms with Gasteiger partial charge in [0, 0.05) is 11.8 Å². The molecule has 172 valence electrons. The molecule has 7 N–H and O–H groups in total. The van der Waals surface area contributed by atoms with Crippen LogP contribution in [0.1, 0.15) is 28.8 Å².